The normalized spacial score (nSPS) is 10.9. The van der Waals surface area contributed by atoms with Crippen molar-refractivity contribution in [3.05, 3.63) is 83.9 Å². The summed E-state index contributed by atoms with van der Waals surface area (Å²) in [4.78, 5) is 25.2. The van der Waals surface area contributed by atoms with E-state index in [9.17, 15) is 4.79 Å². The van der Waals surface area contributed by atoms with Crippen LogP contribution in [0, 0.1) is 0 Å². The van der Waals surface area contributed by atoms with Crippen molar-refractivity contribution in [2.24, 2.45) is 0 Å². The lowest BCUT2D eigenvalue weighted by Crippen LogP contribution is -2.09. The SMILES string of the molecule is COc1cc2ncnc(Nc3ccc(OCc4ccccn4)c(Cl)c3)c2cc1NC(=O)/C=C/CBr. The minimum Gasteiger partial charge on any atom is -0.494 e. The number of ether oxygens (including phenoxy) is 2. The third-order valence-electron chi connectivity index (χ3n) is 4.87. The summed E-state index contributed by atoms with van der Waals surface area (Å²) in [6.45, 7) is 0.311. The number of benzene rings is 2. The van der Waals surface area contributed by atoms with Gasteiger partial charge in [0.1, 0.15) is 30.3 Å². The number of amides is 1. The molecule has 178 valence electrons. The van der Waals surface area contributed by atoms with Gasteiger partial charge in [-0.2, -0.15) is 0 Å². The molecule has 0 bridgehead atoms. The van der Waals surface area contributed by atoms with Crippen LogP contribution >= 0.6 is 27.5 Å². The number of aromatic nitrogens is 3. The topological polar surface area (TPSA) is 98.3 Å². The van der Waals surface area contributed by atoms with Gasteiger partial charge >= 0.3 is 0 Å². The van der Waals surface area contributed by atoms with E-state index in [1.807, 2.05) is 24.3 Å². The van der Waals surface area contributed by atoms with E-state index < -0.39 is 0 Å². The van der Waals surface area contributed by atoms with Gasteiger partial charge in [0.2, 0.25) is 5.91 Å². The number of hydrogen-bond donors (Lipinski definition) is 2. The Kier molecular flexibility index (Phi) is 8.12. The van der Waals surface area contributed by atoms with Crippen LogP contribution in [0.15, 0.2) is 73.2 Å². The van der Waals surface area contributed by atoms with Crippen molar-refractivity contribution in [3.8, 4) is 11.5 Å². The molecule has 0 aliphatic heterocycles. The third-order valence-corrected chi connectivity index (χ3v) is 5.54. The Balaban J connectivity index is 1.57. The molecule has 10 heteroatoms. The second-order valence-electron chi connectivity index (χ2n) is 7.22. The number of carbonyl (C=O) groups excluding carboxylic acids is 1. The highest BCUT2D eigenvalue weighted by molar-refractivity contribution is 9.09. The molecule has 0 aliphatic rings. The van der Waals surface area contributed by atoms with Crippen molar-refractivity contribution >= 4 is 61.5 Å². The number of hydrogen-bond acceptors (Lipinski definition) is 7. The fourth-order valence-electron chi connectivity index (χ4n) is 3.24. The molecule has 0 saturated heterocycles. The van der Waals surface area contributed by atoms with E-state index >= 15 is 0 Å². The molecule has 0 saturated carbocycles. The van der Waals surface area contributed by atoms with Crippen LogP contribution in [-0.4, -0.2) is 33.3 Å². The van der Waals surface area contributed by atoms with Gasteiger partial charge in [-0.15, -0.1) is 0 Å². The molecule has 8 nitrogen and oxygen atoms in total. The Bertz CT molecular complexity index is 1370. The van der Waals surface area contributed by atoms with Gasteiger partial charge in [-0.3, -0.25) is 9.78 Å². The van der Waals surface area contributed by atoms with E-state index in [4.69, 9.17) is 21.1 Å². The van der Waals surface area contributed by atoms with Crippen molar-refractivity contribution < 1.29 is 14.3 Å². The number of carbonyl (C=O) groups is 1. The van der Waals surface area contributed by atoms with Crippen molar-refractivity contribution in [3.63, 3.8) is 0 Å². The minimum absolute atomic E-state index is 0.276. The quantitative estimate of drug-likeness (QED) is 0.196. The maximum atomic E-state index is 12.2. The predicted octanol–water partition coefficient (Wildman–Crippen LogP) is 5.90. The number of nitrogens with zero attached hydrogens (tertiary/aromatic N) is 3. The van der Waals surface area contributed by atoms with E-state index in [0.717, 1.165) is 5.69 Å². The molecule has 0 aliphatic carbocycles. The first-order valence-electron chi connectivity index (χ1n) is 10.5. The summed E-state index contributed by atoms with van der Waals surface area (Å²) in [5.74, 6) is 1.30. The first-order chi connectivity index (χ1) is 17.1. The monoisotopic (exact) mass is 553 g/mol. The van der Waals surface area contributed by atoms with E-state index in [1.54, 1.807) is 36.5 Å². The van der Waals surface area contributed by atoms with Gasteiger partial charge in [0.15, 0.2) is 0 Å². The molecule has 4 rings (SSSR count). The Morgan fingerprint density at radius 1 is 1.11 bits per heavy atom. The Hall–Kier alpha value is -3.69. The molecule has 0 radical (unpaired) electrons. The first-order valence-corrected chi connectivity index (χ1v) is 12.0. The highest BCUT2D eigenvalue weighted by Gasteiger charge is 2.13. The lowest BCUT2D eigenvalue weighted by atomic mass is 10.1. The van der Waals surface area contributed by atoms with Crippen LogP contribution in [0.25, 0.3) is 10.9 Å². The smallest absolute Gasteiger partial charge is 0.248 e. The molecule has 2 N–H and O–H groups in total. The van der Waals surface area contributed by atoms with Gasteiger partial charge in [0, 0.05) is 34.7 Å². The van der Waals surface area contributed by atoms with Gasteiger partial charge in [0.05, 0.1) is 29.0 Å². The molecule has 35 heavy (non-hydrogen) atoms. The van der Waals surface area contributed by atoms with Crippen molar-refractivity contribution in [2.45, 2.75) is 6.61 Å². The molecular weight excluding hydrogens is 534 g/mol. The zero-order valence-corrected chi connectivity index (χ0v) is 21.0. The summed E-state index contributed by atoms with van der Waals surface area (Å²) in [6, 6.07) is 14.5. The molecule has 2 aromatic carbocycles. The first kappa shape index (κ1) is 24.4. The molecular formula is C25H21BrClN5O3. The Labute approximate surface area is 215 Å². The van der Waals surface area contributed by atoms with Crippen LogP contribution in [0.4, 0.5) is 17.2 Å². The summed E-state index contributed by atoms with van der Waals surface area (Å²) in [6.07, 6.45) is 6.31. The van der Waals surface area contributed by atoms with Crippen LogP contribution in [0.2, 0.25) is 5.02 Å². The van der Waals surface area contributed by atoms with Crippen LogP contribution in [-0.2, 0) is 11.4 Å². The molecule has 4 aromatic rings. The van der Waals surface area contributed by atoms with Gasteiger partial charge in [-0.05, 0) is 36.4 Å². The fourth-order valence-corrected chi connectivity index (χ4v) is 3.67. The highest BCUT2D eigenvalue weighted by Crippen LogP contribution is 2.34. The third kappa shape index (κ3) is 6.26. The lowest BCUT2D eigenvalue weighted by Gasteiger charge is -2.14. The number of anilines is 3. The Morgan fingerprint density at radius 3 is 2.74 bits per heavy atom. The molecule has 2 heterocycles. The van der Waals surface area contributed by atoms with Crippen LogP contribution in [0.1, 0.15) is 5.69 Å². The summed E-state index contributed by atoms with van der Waals surface area (Å²) in [5.41, 5.74) is 2.66. The van der Waals surface area contributed by atoms with Crippen molar-refractivity contribution in [2.75, 3.05) is 23.1 Å². The maximum Gasteiger partial charge on any atom is 0.248 e. The van der Waals surface area contributed by atoms with Crippen LogP contribution in [0.3, 0.4) is 0 Å². The maximum absolute atomic E-state index is 12.2. The van der Waals surface area contributed by atoms with Crippen molar-refractivity contribution in [1.82, 2.24) is 15.0 Å². The number of nitrogens with one attached hydrogen (secondary N) is 2. The summed E-state index contributed by atoms with van der Waals surface area (Å²) in [7, 11) is 1.53. The van der Waals surface area contributed by atoms with Crippen LogP contribution < -0.4 is 20.1 Å². The van der Waals surface area contributed by atoms with E-state index in [0.29, 0.717) is 56.6 Å². The summed E-state index contributed by atoms with van der Waals surface area (Å²) in [5, 5.41) is 7.80. The number of halogens is 2. The molecule has 0 atom stereocenters. The fraction of sp³-hybridized carbons (Fsp3) is 0.120. The Morgan fingerprint density at radius 2 is 2.00 bits per heavy atom. The largest absolute Gasteiger partial charge is 0.494 e. The molecule has 0 unspecified atom stereocenters. The number of fused-ring (bicyclic) bond motifs is 1. The van der Waals surface area contributed by atoms with Crippen LogP contribution in [0.5, 0.6) is 11.5 Å². The number of allylic oxidation sites excluding steroid dienone is 1. The number of methoxy groups -OCH3 is 1. The van der Waals surface area contributed by atoms with E-state index in [2.05, 4.69) is 41.5 Å². The number of alkyl halides is 1. The van der Waals surface area contributed by atoms with Gasteiger partial charge in [-0.25, -0.2) is 9.97 Å². The van der Waals surface area contributed by atoms with Gasteiger partial charge in [-0.1, -0.05) is 39.7 Å². The standard InChI is InChI=1S/C25H21BrClN5O3/c1-34-23-13-20-18(12-21(23)32-24(33)6-4-9-26)25(30-15-29-20)31-16-7-8-22(19(27)11-16)35-14-17-5-2-3-10-28-17/h2-8,10-13,15H,9,14H2,1H3,(H,32,33)(H,29,30,31)/b6-4+. The average Bonchev–Trinajstić information content (AvgIpc) is 2.87. The molecule has 0 fully saturated rings. The van der Waals surface area contributed by atoms with Gasteiger partial charge in [0.25, 0.3) is 0 Å². The highest BCUT2D eigenvalue weighted by atomic mass is 79.9. The zero-order valence-electron chi connectivity index (χ0n) is 18.7. The minimum atomic E-state index is -0.276. The molecule has 2 aromatic heterocycles. The number of rotatable bonds is 9. The van der Waals surface area contributed by atoms with Gasteiger partial charge < -0.3 is 20.1 Å². The number of pyridine rings is 1. The molecule has 0 spiro atoms. The second-order valence-corrected chi connectivity index (χ2v) is 8.27. The zero-order chi connectivity index (χ0) is 24.6. The lowest BCUT2D eigenvalue weighted by molar-refractivity contribution is -0.111. The van der Waals surface area contributed by atoms with Crippen molar-refractivity contribution in [1.29, 1.82) is 0 Å². The predicted molar refractivity (Wildman–Crippen MR) is 141 cm³/mol. The van der Waals surface area contributed by atoms with E-state index in [-0.39, 0.29) is 5.91 Å². The second kappa shape index (κ2) is 11.6. The molecule has 1 amide bonds. The summed E-state index contributed by atoms with van der Waals surface area (Å²) < 4.78 is 11.2. The summed E-state index contributed by atoms with van der Waals surface area (Å²) >= 11 is 9.71. The average molecular weight is 555 g/mol. The van der Waals surface area contributed by atoms with E-state index in [1.165, 1.54) is 19.5 Å².